The number of carbonyl (C=O) groups excluding carboxylic acids is 1. The van der Waals surface area contributed by atoms with Gasteiger partial charge in [-0.25, -0.2) is 4.79 Å². The van der Waals surface area contributed by atoms with E-state index in [1.807, 2.05) is 30.3 Å². The fraction of sp³-hybridized carbons (Fsp3) is 0.333. The molecule has 1 N–H and O–H groups in total. The fourth-order valence-corrected chi connectivity index (χ4v) is 2.44. The maximum Gasteiger partial charge on any atom is 0.328 e. The van der Waals surface area contributed by atoms with Crippen LogP contribution in [0.3, 0.4) is 0 Å². The third kappa shape index (κ3) is 2.96. The molecule has 2 rings (SSSR count). The minimum atomic E-state index is -2.34. The van der Waals surface area contributed by atoms with Gasteiger partial charge in [0.05, 0.1) is 4.86 Å². The van der Waals surface area contributed by atoms with Crippen LogP contribution in [-0.2, 0) is 26.4 Å². The number of nitrogens with one attached hydrogen (secondary N) is 1. The average Bonchev–Trinajstić information content (AvgIpc) is 2.86. The highest BCUT2D eigenvalue weighted by molar-refractivity contribution is 7.73. The van der Waals surface area contributed by atoms with E-state index in [0.29, 0.717) is 13.0 Å². The first kappa shape index (κ1) is 12.8. The number of carbonyl (C=O) groups is 1. The van der Waals surface area contributed by atoms with Gasteiger partial charge in [-0.2, -0.15) is 8.42 Å². The molecule has 0 aromatic heterocycles. The van der Waals surface area contributed by atoms with Gasteiger partial charge in [-0.3, -0.25) is 5.32 Å². The smallest absolute Gasteiger partial charge is 0.328 e. The number of esters is 1. The summed E-state index contributed by atoms with van der Waals surface area (Å²) in [5, 5.41) is 2.82. The van der Waals surface area contributed by atoms with Crippen molar-refractivity contribution >= 4 is 21.1 Å². The number of ether oxygens (including phenoxy) is 1. The van der Waals surface area contributed by atoms with Crippen molar-refractivity contribution in [3.05, 3.63) is 35.9 Å². The number of benzene rings is 1. The fourth-order valence-electron chi connectivity index (χ4n) is 1.80. The molecular weight excluding hydrogens is 254 g/mol. The molecule has 0 aliphatic carbocycles. The normalized spacial score (nSPS) is 18.7. The molecule has 0 amide bonds. The van der Waals surface area contributed by atoms with Gasteiger partial charge in [0.15, 0.2) is 0 Å². The zero-order chi connectivity index (χ0) is 13.0. The predicted octanol–water partition coefficient (Wildman–Crippen LogP) is 0.143. The molecule has 1 saturated heterocycles. The minimum absolute atomic E-state index is 0.149. The monoisotopic (exact) mass is 267 g/mol. The average molecular weight is 267 g/mol. The largest absolute Gasteiger partial charge is 0.459 e. The highest BCUT2D eigenvalue weighted by Gasteiger charge is 2.31. The zero-order valence-corrected chi connectivity index (χ0v) is 10.4. The van der Waals surface area contributed by atoms with Gasteiger partial charge in [0.2, 0.25) is 10.3 Å². The summed E-state index contributed by atoms with van der Waals surface area (Å²) in [4.78, 5) is 11.9. The Kier molecular flexibility index (Phi) is 4.11. The molecule has 1 fully saturated rings. The molecule has 0 saturated carbocycles. The van der Waals surface area contributed by atoms with E-state index in [-0.39, 0.29) is 11.5 Å². The maximum atomic E-state index is 11.8. The van der Waals surface area contributed by atoms with E-state index in [2.05, 4.69) is 5.32 Å². The summed E-state index contributed by atoms with van der Waals surface area (Å²) >= 11 is 0. The highest BCUT2D eigenvalue weighted by Crippen LogP contribution is 2.07. The van der Waals surface area contributed by atoms with Crippen LogP contribution in [0.15, 0.2) is 30.3 Å². The summed E-state index contributed by atoms with van der Waals surface area (Å²) in [6.45, 7) is 0.630. The van der Waals surface area contributed by atoms with Gasteiger partial charge < -0.3 is 4.74 Å². The molecule has 1 aromatic carbocycles. The van der Waals surface area contributed by atoms with Crippen LogP contribution in [0.1, 0.15) is 12.0 Å². The molecule has 6 heteroatoms. The number of hydrogen-bond acceptors (Lipinski definition) is 5. The second-order valence-electron chi connectivity index (χ2n) is 3.93. The van der Waals surface area contributed by atoms with Crippen LogP contribution >= 0.6 is 0 Å². The molecule has 1 unspecified atom stereocenters. The van der Waals surface area contributed by atoms with E-state index in [0.717, 1.165) is 5.56 Å². The number of hydrogen-bond donors (Lipinski definition) is 1. The summed E-state index contributed by atoms with van der Waals surface area (Å²) in [6, 6.07) is 8.42. The summed E-state index contributed by atoms with van der Waals surface area (Å²) < 4.78 is 26.9. The molecule has 18 heavy (non-hydrogen) atoms. The van der Waals surface area contributed by atoms with Crippen molar-refractivity contribution in [1.82, 2.24) is 5.32 Å². The molecule has 1 aliphatic rings. The van der Waals surface area contributed by atoms with Crippen molar-refractivity contribution in [2.24, 2.45) is 0 Å². The first-order chi connectivity index (χ1) is 8.68. The molecule has 0 spiro atoms. The third-order valence-corrected chi connectivity index (χ3v) is 3.58. The topological polar surface area (TPSA) is 72.5 Å². The first-order valence-corrected chi connectivity index (χ1v) is 6.65. The number of rotatable bonds is 3. The van der Waals surface area contributed by atoms with Crippen molar-refractivity contribution in [2.45, 2.75) is 19.1 Å². The van der Waals surface area contributed by atoms with Crippen LogP contribution in [-0.4, -0.2) is 31.8 Å². The SMILES string of the molecule is O=C(OCc1ccccc1)C1NCCC1=S(=O)=O. The van der Waals surface area contributed by atoms with Crippen molar-refractivity contribution in [2.75, 3.05) is 6.54 Å². The summed E-state index contributed by atoms with van der Waals surface area (Å²) in [6.07, 6.45) is 0.362. The Morgan fingerprint density at radius 2 is 2.06 bits per heavy atom. The Balaban J connectivity index is 1.99. The predicted molar refractivity (Wildman–Crippen MR) is 66.6 cm³/mol. The van der Waals surface area contributed by atoms with Crippen LogP contribution in [0.2, 0.25) is 0 Å². The van der Waals surface area contributed by atoms with Gasteiger partial charge in [-0.1, -0.05) is 30.3 Å². The molecule has 0 bridgehead atoms. The van der Waals surface area contributed by atoms with Gasteiger partial charge in [0.25, 0.3) is 0 Å². The lowest BCUT2D eigenvalue weighted by molar-refractivity contribution is -0.145. The molecule has 5 nitrogen and oxygen atoms in total. The molecule has 1 aliphatic heterocycles. The van der Waals surface area contributed by atoms with Crippen LogP contribution in [0.5, 0.6) is 0 Å². The van der Waals surface area contributed by atoms with Crippen molar-refractivity contribution in [3.63, 3.8) is 0 Å². The zero-order valence-electron chi connectivity index (χ0n) is 9.63. The van der Waals surface area contributed by atoms with Gasteiger partial charge in [0.1, 0.15) is 12.6 Å². The molecule has 0 radical (unpaired) electrons. The van der Waals surface area contributed by atoms with Crippen molar-refractivity contribution in [1.29, 1.82) is 0 Å². The highest BCUT2D eigenvalue weighted by atomic mass is 32.2. The lowest BCUT2D eigenvalue weighted by Gasteiger charge is -2.10. The lowest BCUT2D eigenvalue weighted by atomic mass is 10.2. The van der Waals surface area contributed by atoms with Gasteiger partial charge >= 0.3 is 5.97 Å². The Morgan fingerprint density at radius 1 is 1.33 bits per heavy atom. The van der Waals surface area contributed by atoms with Gasteiger partial charge in [0, 0.05) is 6.54 Å². The van der Waals surface area contributed by atoms with E-state index in [1.54, 1.807) is 0 Å². The summed E-state index contributed by atoms with van der Waals surface area (Å²) in [5.74, 6) is -0.546. The van der Waals surface area contributed by atoms with E-state index < -0.39 is 22.3 Å². The first-order valence-electron chi connectivity index (χ1n) is 5.57. The lowest BCUT2D eigenvalue weighted by Crippen LogP contribution is -2.37. The van der Waals surface area contributed by atoms with E-state index in [4.69, 9.17) is 4.74 Å². The standard InChI is InChI=1S/C12H13NO4S/c14-12(11-10(18(15)16)6-7-13-11)17-8-9-4-2-1-3-5-9/h1-5,11,13H,6-8H2. The third-order valence-electron chi connectivity index (χ3n) is 2.72. The van der Waals surface area contributed by atoms with Gasteiger partial charge in [-0.15, -0.1) is 0 Å². The second-order valence-corrected chi connectivity index (χ2v) is 4.93. The Labute approximate surface area is 106 Å². The van der Waals surface area contributed by atoms with E-state index in [9.17, 15) is 13.2 Å². The Morgan fingerprint density at radius 3 is 2.72 bits per heavy atom. The van der Waals surface area contributed by atoms with E-state index >= 15 is 0 Å². The van der Waals surface area contributed by atoms with Crippen LogP contribution in [0, 0.1) is 0 Å². The van der Waals surface area contributed by atoms with Crippen LogP contribution in [0.25, 0.3) is 0 Å². The molecule has 96 valence electrons. The molecular formula is C12H13NO4S. The summed E-state index contributed by atoms with van der Waals surface area (Å²) in [5.41, 5.74) is 0.869. The molecule has 1 atom stereocenters. The maximum absolute atomic E-state index is 11.8. The quantitative estimate of drug-likeness (QED) is 0.623. The molecule has 1 heterocycles. The van der Waals surface area contributed by atoms with Crippen molar-refractivity contribution < 1.29 is 17.9 Å². The van der Waals surface area contributed by atoms with Gasteiger partial charge in [-0.05, 0) is 12.0 Å². The Hall–Kier alpha value is -1.66. The van der Waals surface area contributed by atoms with Crippen LogP contribution < -0.4 is 5.32 Å². The minimum Gasteiger partial charge on any atom is -0.459 e. The Bertz CT molecular complexity index is 557. The molecule has 1 aromatic rings. The van der Waals surface area contributed by atoms with E-state index in [1.165, 1.54) is 0 Å². The van der Waals surface area contributed by atoms with Crippen LogP contribution in [0.4, 0.5) is 0 Å². The van der Waals surface area contributed by atoms with Crippen molar-refractivity contribution in [3.8, 4) is 0 Å². The second kappa shape index (κ2) is 5.79. The summed E-state index contributed by atoms with van der Waals surface area (Å²) in [7, 11) is -2.34.